The topological polar surface area (TPSA) is 76.1 Å². The number of hydrogen-bond acceptors (Lipinski definition) is 4. The molecule has 0 aliphatic carbocycles. The number of carbonyl (C=O) groups is 2. The number of ether oxygens (including phenoxy) is 2. The Labute approximate surface area is 137 Å². The molecule has 0 radical (unpaired) electrons. The van der Waals surface area contributed by atoms with Crippen LogP contribution in [0.3, 0.4) is 0 Å². The van der Waals surface area contributed by atoms with Gasteiger partial charge in [-0.2, -0.15) is 0 Å². The fourth-order valence-corrected chi connectivity index (χ4v) is 2.19. The van der Waals surface area contributed by atoms with Crippen LogP contribution < -0.4 is 9.47 Å². The van der Waals surface area contributed by atoms with Crippen molar-refractivity contribution in [2.75, 3.05) is 26.3 Å². The zero-order chi connectivity index (χ0) is 17.4. The van der Waals surface area contributed by atoms with Gasteiger partial charge >= 0.3 is 5.97 Å². The van der Waals surface area contributed by atoms with Crippen molar-refractivity contribution in [1.82, 2.24) is 4.90 Å². The third-order valence-corrected chi connectivity index (χ3v) is 2.99. The Morgan fingerprint density at radius 2 is 1.74 bits per heavy atom. The van der Waals surface area contributed by atoms with Gasteiger partial charge in [0.1, 0.15) is 6.54 Å². The van der Waals surface area contributed by atoms with E-state index in [1.807, 2.05) is 27.7 Å². The van der Waals surface area contributed by atoms with Gasteiger partial charge in [-0.25, -0.2) is 0 Å². The Bertz CT molecular complexity index is 542. The molecule has 0 heterocycles. The maximum atomic E-state index is 12.6. The van der Waals surface area contributed by atoms with Crippen LogP contribution in [0.2, 0.25) is 0 Å². The molecule has 0 unspecified atom stereocenters. The van der Waals surface area contributed by atoms with Crippen LogP contribution in [-0.2, 0) is 4.79 Å². The summed E-state index contributed by atoms with van der Waals surface area (Å²) < 4.78 is 11.0. The van der Waals surface area contributed by atoms with E-state index in [0.29, 0.717) is 36.8 Å². The van der Waals surface area contributed by atoms with E-state index in [2.05, 4.69) is 0 Å². The van der Waals surface area contributed by atoms with Crippen LogP contribution in [0, 0.1) is 5.92 Å². The fraction of sp³-hybridized carbons (Fsp3) is 0.529. The molecule has 0 saturated heterocycles. The van der Waals surface area contributed by atoms with Crippen molar-refractivity contribution in [2.24, 2.45) is 5.92 Å². The van der Waals surface area contributed by atoms with E-state index in [1.165, 1.54) is 4.90 Å². The minimum atomic E-state index is -1.03. The summed E-state index contributed by atoms with van der Waals surface area (Å²) >= 11 is 0. The Kier molecular flexibility index (Phi) is 7.38. The highest BCUT2D eigenvalue weighted by Gasteiger charge is 2.21. The largest absolute Gasteiger partial charge is 0.490 e. The van der Waals surface area contributed by atoms with Gasteiger partial charge in [0.05, 0.1) is 13.2 Å². The van der Waals surface area contributed by atoms with Crippen molar-refractivity contribution in [2.45, 2.75) is 27.7 Å². The van der Waals surface area contributed by atoms with E-state index in [9.17, 15) is 9.59 Å². The summed E-state index contributed by atoms with van der Waals surface area (Å²) in [4.78, 5) is 24.9. The normalized spacial score (nSPS) is 10.5. The lowest BCUT2D eigenvalue weighted by atomic mass is 10.1. The van der Waals surface area contributed by atoms with Crippen molar-refractivity contribution in [3.8, 4) is 11.5 Å². The zero-order valence-corrected chi connectivity index (χ0v) is 14.2. The molecule has 128 valence electrons. The average Bonchev–Trinajstić information content (AvgIpc) is 2.47. The summed E-state index contributed by atoms with van der Waals surface area (Å²) in [6, 6.07) is 4.91. The highest BCUT2D eigenvalue weighted by Crippen LogP contribution is 2.29. The minimum Gasteiger partial charge on any atom is -0.490 e. The first kappa shape index (κ1) is 18.8. The second kappa shape index (κ2) is 9.02. The number of amides is 1. The molecule has 0 saturated carbocycles. The van der Waals surface area contributed by atoms with Crippen molar-refractivity contribution in [3.63, 3.8) is 0 Å². The average molecular weight is 323 g/mol. The maximum Gasteiger partial charge on any atom is 0.323 e. The van der Waals surface area contributed by atoms with Crippen molar-refractivity contribution in [1.29, 1.82) is 0 Å². The molecule has 6 nitrogen and oxygen atoms in total. The Morgan fingerprint density at radius 3 is 2.26 bits per heavy atom. The number of carboxylic acids is 1. The van der Waals surface area contributed by atoms with Gasteiger partial charge in [-0.1, -0.05) is 13.8 Å². The summed E-state index contributed by atoms with van der Waals surface area (Å²) in [7, 11) is 0. The van der Waals surface area contributed by atoms with E-state index in [-0.39, 0.29) is 18.4 Å². The van der Waals surface area contributed by atoms with Gasteiger partial charge in [0.2, 0.25) is 0 Å². The van der Waals surface area contributed by atoms with E-state index in [4.69, 9.17) is 14.6 Å². The van der Waals surface area contributed by atoms with E-state index in [0.717, 1.165) is 0 Å². The number of carbonyl (C=O) groups excluding carboxylic acids is 1. The lowest BCUT2D eigenvalue weighted by molar-refractivity contribution is -0.137. The first-order valence-corrected chi connectivity index (χ1v) is 7.79. The molecule has 0 spiro atoms. The molecule has 1 N–H and O–H groups in total. The van der Waals surface area contributed by atoms with E-state index in [1.54, 1.807) is 18.2 Å². The Balaban J connectivity index is 3.07. The van der Waals surface area contributed by atoms with Crippen molar-refractivity contribution in [3.05, 3.63) is 23.8 Å². The zero-order valence-electron chi connectivity index (χ0n) is 14.2. The molecule has 0 atom stereocenters. The highest BCUT2D eigenvalue weighted by atomic mass is 16.5. The monoisotopic (exact) mass is 323 g/mol. The summed E-state index contributed by atoms with van der Waals surface area (Å²) in [6.07, 6.45) is 0. The van der Waals surface area contributed by atoms with E-state index >= 15 is 0 Å². The van der Waals surface area contributed by atoms with Gasteiger partial charge < -0.3 is 19.5 Å². The van der Waals surface area contributed by atoms with Gasteiger partial charge in [0.15, 0.2) is 11.5 Å². The predicted octanol–water partition coefficient (Wildman–Crippen LogP) is 2.67. The highest BCUT2D eigenvalue weighted by molar-refractivity contribution is 5.96. The third kappa shape index (κ3) is 5.81. The second-order valence-electron chi connectivity index (χ2n) is 5.50. The van der Waals surface area contributed by atoms with Crippen LogP contribution in [0.25, 0.3) is 0 Å². The summed E-state index contributed by atoms with van der Waals surface area (Å²) in [5, 5.41) is 9.01. The molecule has 23 heavy (non-hydrogen) atoms. The van der Waals surface area contributed by atoms with Crippen molar-refractivity contribution < 1.29 is 24.2 Å². The molecular formula is C17H25NO5. The molecule has 0 bridgehead atoms. The molecule has 6 heteroatoms. The van der Waals surface area contributed by atoms with Gasteiger partial charge in [0.25, 0.3) is 5.91 Å². The van der Waals surface area contributed by atoms with Gasteiger partial charge in [-0.05, 0) is 38.0 Å². The van der Waals surface area contributed by atoms with Gasteiger partial charge in [-0.15, -0.1) is 0 Å². The molecular weight excluding hydrogens is 298 g/mol. The molecule has 1 aromatic rings. The number of rotatable bonds is 9. The van der Waals surface area contributed by atoms with Crippen molar-refractivity contribution >= 4 is 11.9 Å². The summed E-state index contributed by atoms with van der Waals surface area (Å²) in [5.41, 5.74) is 0.388. The summed E-state index contributed by atoms with van der Waals surface area (Å²) in [5.74, 6) is -0.132. The van der Waals surface area contributed by atoms with Gasteiger partial charge in [0, 0.05) is 12.1 Å². The standard InChI is InChI=1S/C17H25NO5/c1-5-22-14-8-7-13(9-15(14)23-6-2)17(21)18(10-12(3)4)11-16(19)20/h7-9,12H,5-6,10-11H2,1-4H3,(H,19,20). The first-order chi connectivity index (χ1) is 10.9. The number of aliphatic carboxylic acids is 1. The number of carboxylic acid groups (broad SMARTS) is 1. The molecule has 0 fully saturated rings. The molecule has 0 aliphatic heterocycles. The van der Waals surface area contributed by atoms with Crippen LogP contribution in [0.15, 0.2) is 18.2 Å². The van der Waals surface area contributed by atoms with Crippen LogP contribution >= 0.6 is 0 Å². The fourth-order valence-electron chi connectivity index (χ4n) is 2.19. The van der Waals surface area contributed by atoms with Crippen LogP contribution in [-0.4, -0.2) is 48.2 Å². The van der Waals surface area contributed by atoms with Crippen LogP contribution in [0.1, 0.15) is 38.1 Å². The van der Waals surface area contributed by atoms with Crippen LogP contribution in [0.5, 0.6) is 11.5 Å². The third-order valence-electron chi connectivity index (χ3n) is 2.99. The lowest BCUT2D eigenvalue weighted by Gasteiger charge is -2.23. The lowest BCUT2D eigenvalue weighted by Crippen LogP contribution is -2.38. The first-order valence-electron chi connectivity index (χ1n) is 7.79. The number of nitrogens with zero attached hydrogens (tertiary/aromatic N) is 1. The van der Waals surface area contributed by atoms with Crippen LogP contribution in [0.4, 0.5) is 0 Å². The Hall–Kier alpha value is -2.24. The smallest absolute Gasteiger partial charge is 0.323 e. The SMILES string of the molecule is CCOc1ccc(C(=O)N(CC(=O)O)CC(C)C)cc1OCC. The van der Waals surface area contributed by atoms with Gasteiger partial charge in [-0.3, -0.25) is 9.59 Å². The Morgan fingerprint density at radius 1 is 1.13 bits per heavy atom. The molecule has 1 amide bonds. The second-order valence-corrected chi connectivity index (χ2v) is 5.50. The predicted molar refractivity (Wildman–Crippen MR) is 87.2 cm³/mol. The quantitative estimate of drug-likeness (QED) is 0.756. The number of benzene rings is 1. The molecule has 0 aliphatic rings. The van der Waals surface area contributed by atoms with E-state index < -0.39 is 5.97 Å². The maximum absolute atomic E-state index is 12.6. The summed E-state index contributed by atoms with van der Waals surface area (Å²) in [6.45, 7) is 8.58. The molecule has 1 aromatic carbocycles. The molecule has 1 rings (SSSR count). The molecule has 0 aromatic heterocycles. The minimum absolute atomic E-state index is 0.173. The number of hydrogen-bond donors (Lipinski definition) is 1.